The molecule has 0 aromatic heterocycles. The molecule has 3 rings (SSSR count). The van der Waals surface area contributed by atoms with Gasteiger partial charge in [0.15, 0.2) is 0 Å². The number of esters is 1. The van der Waals surface area contributed by atoms with Crippen molar-refractivity contribution in [1.82, 2.24) is 4.90 Å². The van der Waals surface area contributed by atoms with Crippen molar-refractivity contribution in [3.8, 4) is 0 Å². The highest BCUT2D eigenvalue weighted by atomic mass is 16.5. The molecule has 0 spiro atoms. The fourth-order valence-corrected chi connectivity index (χ4v) is 5.70. The molecule has 0 aliphatic heterocycles. The van der Waals surface area contributed by atoms with Gasteiger partial charge in [-0.3, -0.25) is 0 Å². The monoisotopic (exact) mass is 355 g/mol. The number of aryl methyl sites for hydroxylation is 1. The van der Waals surface area contributed by atoms with Crippen LogP contribution in [0.15, 0.2) is 42.6 Å². The molecule has 0 saturated heterocycles. The van der Waals surface area contributed by atoms with Gasteiger partial charge in [0.25, 0.3) is 0 Å². The molecule has 2 aliphatic rings. The fourth-order valence-electron chi connectivity index (χ4n) is 5.70. The quantitative estimate of drug-likeness (QED) is 0.399. The third-order valence-electron chi connectivity index (χ3n) is 6.74. The standard InChI is InChI=1S/C23H33NO2/c1-22(2)19-12-14-23(3,17-19)21(22)24(4)15-13-20(25)26-16-8-11-18-9-6-5-7-10-18/h5-7,9-10,13,15,19,21H,8,11-12,14,16-17H2,1-4H3. The number of benzene rings is 1. The first-order valence-corrected chi connectivity index (χ1v) is 9.94. The third kappa shape index (κ3) is 3.82. The molecule has 3 nitrogen and oxygen atoms in total. The van der Waals surface area contributed by atoms with Gasteiger partial charge in [-0.1, -0.05) is 51.1 Å². The van der Waals surface area contributed by atoms with E-state index in [9.17, 15) is 4.79 Å². The summed E-state index contributed by atoms with van der Waals surface area (Å²) in [4.78, 5) is 14.3. The molecule has 2 fully saturated rings. The van der Waals surface area contributed by atoms with Crippen molar-refractivity contribution >= 4 is 5.97 Å². The number of nitrogens with zero attached hydrogens (tertiary/aromatic N) is 1. The second-order valence-corrected chi connectivity index (χ2v) is 9.06. The molecular weight excluding hydrogens is 322 g/mol. The van der Waals surface area contributed by atoms with Crippen LogP contribution in [0.5, 0.6) is 0 Å². The Labute approximate surface area is 158 Å². The Kier molecular flexibility index (Phi) is 5.45. The highest BCUT2D eigenvalue weighted by Gasteiger charge is 2.60. The molecule has 2 aliphatic carbocycles. The van der Waals surface area contributed by atoms with Gasteiger partial charge >= 0.3 is 5.97 Å². The van der Waals surface area contributed by atoms with Crippen molar-refractivity contribution < 1.29 is 9.53 Å². The smallest absolute Gasteiger partial charge is 0.332 e. The van der Waals surface area contributed by atoms with Gasteiger partial charge in [0.05, 0.1) is 6.61 Å². The van der Waals surface area contributed by atoms with E-state index in [-0.39, 0.29) is 5.97 Å². The van der Waals surface area contributed by atoms with E-state index in [0.717, 1.165) is 18.8 Å². The van der Waals surface area contributed by atoms with Crippen LogP contribution in [-0.2, 0) is 16.0 Å². The Bertz CT molecular complexity index is 647. The molecule has 0 N–H and O–H groups in total. The van der Waals surface area contributed by atoms with E-state index in [4.69, 9.17) is 4.74 Å². The van der Waals surface area contributed by atoms with Crippen molar-refractivity contribution in [2.45, 2.75) is 58.9 Å². The van der Waals surface area contributed by atoms with Crippen molar-refractivity contribution in [1.29, 1.82) is 0 Å². The molecule has 3 atom stereocenters. The Balaban J connectivity index is 1.46. The van der Waals surface area contributed by atoms with E-state index < -0.39 is 0 Å². The normalized spacial score (nSPS) is 29.2. The molecule has 2 bridgehead atoms. The highest BCUT2D eigenvalue weighted by molar-refractivity contribution is 5.81. The molecule has 0 heterocycles. The van der Waals surface area contributed by atoms with E-state index >= 15 is 0 Å². The zero-order chi connectivity index (χ0) is 18.8. The van der Waals surface area contributed by atoms with Crippen molar-refractivity contribution in [3.63, 3.8) is 0 Å². The number of fused-ring (bicyclic) bond motifs is 2. The first-order valence-electron chi connectivity index (χ1n) is 9.94. The molecule has 1 aromatic rings. The van der Waals surface area contributed by atoms with Gasteiger partial charge in [-0.2, -0.15) is 0 Å². The van der Waals surface area contributed by atoms with Crippen LogP contribution < -0.4 is 0 Å². The number of hydrogen-bond acceptors (Lipinski definition) is 3. The largest absolute Gasteiger partial charge is 0.462 e. The third-order valence-corrected chi connectivity index (χ3v) is 6.74. The summed E-state index contributed by atoms with van der Waals surface area (Å²) < 4.78 is 5.36. The molecule has 0 amide bonds. The van der Waals surface area contributed by atoms with Gasteiger partial charge in [-0.05, 0) is 54.4 Å². The van der Waals surface area contributed by atoms with Crippen LogP contribution in [0.4, 0.5) is 0 Å². The predicted octanol–water partition coefficient (Wildman–Crippen LogP) is 4.82. The molecule has 3 heteroatoms. The van der Waals surface area contributed by atoms with Crippen LogP contribution in [0.3, 0.4) is 0 Å². The highest BCUT2D eigenvalue weighted by Crippen LogP contribution is 2.63. The van der Waals surface area contributed by atoms with Gasteiger partial charge in [-0.25, -0.2) is 4.79 Å². The molecule has 26 heavy (non-hydrogen) atoms. The average molecular weight is 356 g/mol. The lowest BCUT2D eigenvalue weighted by Crippen LogP contribution is -2.49. The minimum Gasteiger partial charge on any atom is -0.462 e. The molecule has 1 aromatic carbocycles. The summed E-state index contributed by atoms with van der Waals surface area (Å²) in [6, 6.07) is 10.8. The van der Waals surface area contributed by atoms with Crippen LogP contribution >= 0.6 is 0 Å². The Morgan fingerprint density at radius 1 is 1.27 bits per heavy atom. The summed E-state index contributed by atoms with van der Waals surface area (Å²) in [7, 11) is 2.11. The van der Waals surface area contributed by atoms with Crippen molar-refractivity contribution in [2.24, 2.45) is 16.7 Å². The number of rotatable bonds is 7. The number of ether oxygens (including phenoxy) is 1. The average Bonchev–Trinajstić information content (AvgIpc) is 3.09. The summed E-state index contributed by atoms with van der Waals surface area (Å²) in [5, 5.41) is 0. The van der Waals surface area contributed by atoms with Gasteiger partial charge in [0.1, 0.15) is 0 Å². The van der Waals surface area contributed by atoms with Gasteiger partial charge in [0, 0.05) is 25.4 Å². The van der Waals surface area contributed by atoms with Crippen molar-refractivity contribution in [2.75, 3.05) is 13.7 Å². The first kappa shape index (κ1) is 19.0. The molecule has 2 saturated carbocycles. The summed E-state index contributed by atoms with van der Waals surface area (Å²) in [5.41, 5.74) is 1.95. The molecule has 3 unspecified atom stereocenters. The van der Waals surface area contributed by atoms with E-state index in [1.54, 1.807) is 6.08 Å². The summed E-state index contributed by atoms with van der Waals surface area (Å²) in [6.07, 6.45) is 9.27. The minimum absolute atomic E-state index is 0.240. The molecule has 142 valence electrons. The van der Waals surface area contributed by atoms with E-state index in [1.165, 1.54) is 24.8 Å². The summed E-state index contributed by atoms with van der Waals surface area (Å²) >= 11 is 0. The topological polar surface area (TPSA) is 29.5 Å². The number of carbonyl (C=O) groups is 1. The van der Waals surface area contributed by atoms with Gasteiger partial charge in [0.2, 0.25) is 0 Å². The van der Waals surface area contributed by atoms with Crippen molar-refractivity contribution in [3.05, 3.63) is 48.2 Å². The van der Waals surface area contributed by atoms with Gasteiger partial charge in [-0.15, -0.1) is 0 Å². The fraction of sp³-hybridized carbons (Fsp3) is 0.609. The van der Waals surface area contributed by atoms with Crippen LogP contribution in [0.25, 0.3) is 0 Å². The Morgan fingerprint density at radius 2 is 2.00 bits per heavy atom. The van der Waals surface area contributed by atoms with Crippen LogP contribution in [0.1, 0.15) is 52.0 Å². The number of hydrogen-bond donors (Lipinski definition) is 0. The maximum absolute atomic E-state index is 12.0. The lowest BCUT2D eigenvalue weighted by molar-refractivity contribution is -0.137. The Hall–Kier alpha value is -1.77. The van der Waals surface area contributed by atoms with Crippen LogP contribution in [0, 0.1) is 16.7 Å². The lowest BCUT2D eigenvalue weighted by atomic mass is 9.68. The summed E-state index contributed by atoms with van der Waals surface area (Å²) in [6.45, 7) is 7.66. The minimum atomic E-state index is -0.240. The maximum atomic E-state index is 12.0. The van der Waals surface area contributed by atoms with Crippen LogP contribution in [-0.4, -0.2) is 30.6 Å². The number of carbonyl (C=O) groups excluding carboxylic acids is 1. The summed E-state index contributed by atoms with van der Waals surface area (Å²) in [5.74, 6) is 0.564. The van der Waals surface area contributed by atoms with Crippen LogP contribution in [0.2, 0.25) is 0 Å². The van der Waals surface area contributed by atoms with E-state index in [2.05, 4.69) is 44.9 Å². The second kappa shape index (κ2) is 7.46. The maximum Gasteiger partial charge on any atom is 0.332 e. The molecular formula is C23H33NO2. The van der Waals surface area contributed by atoms with Gasteiger partial charge < -0.3 is 9.64 Å². The Morgan fingerprint density at radius 3 is 2.65 bits per heavy atom. The first-order chi connectivity index (χ1) is 12.3. The van der Waals surface area contributed by atoms with E-state index in [1.807, 2.05) is 24.4 Å². The second-order valence-electron chi connectivity index (χ2n) is 9.06. The lowest BCUT2D eigenvalue weighted by Gasteiger charge is -2.47. The predicted molar refractivity (Wildman–Crippen MR) is 106 cm³/mol. The zero-order valence-electron chi connectivity index (χ0n) is 16.7. The zero-order valence-corrected chi connectivity index (χ0v) is 16.7. The molecule has 0 radical (unpaired) electrons. The van der Waals surface area contributed by atoms with E-state index in [0.29, 0.717) is 23.5 Å². The SMILES string of the molecule is CN(C=CC(=O)OCCCc1ccccc1)C1C2(C)CCC(C2)C1(C)C.